The fourth-order valence-electron chi connectivity index (χ4n) is 3.58. The minimum atomic E-state index is -0.281. The lowest BCUT2D eigenvalue weighted by Gasteiger charge is -2.34. The second-order valence-electron chi connectivity index (χ2n) is 6.51. The van der Waals surface area contributed by atoms with Crippen molar-refractivity contribution >= 4 is 28.3 Å². The van der Waals surface area contributed by atoms with Gasteiger partial charge in [-0.25, -0.2) is 4.39 Å². The maximum Gasteiger partial charge on any atom is 0.238 e. The van der Waals surface area contributed by atoms with E-state index in [1.54, 1.807) is 23.4 Å². The van der Waals surface area contributed by atoms with E-state index in [-0.39, 0.29) is 30.2 Å². The molecule has 1 unspecified atom stereocenters. The van der Waals surface area contributed by atoms with E-state index in [4.69, 9.17) is 11.6 Å². The number of carbonyl (C=O) groups is 1. The molecule has 26 heavy (non-hydrogen) atoms. The van der Waals surface area contributed by atoms with Gasteiger partial charge in [-0.3, -0.25) is 4.79 Å². The van der Waals surface area contributed by atoms with Gasteiger partial charge >= 0.3 is 0 Å². The van der Waals surface area contributed by atoms with Crippen molar-refractivity contribution in [2.45, 2.75) is 32.0 Å². The van der Waals surface area contributed by atoms with Gasteiger partial charge in [-0.15, -0.1) is 21.8 Å². The first-order valence-electron chi connectivity index (χ1n) is 8.55. The molecular weight excluding hydrogens is 355 g/mol. The van der Waals surface area contributed by atoms with Crippen LogP contribution in [0, 0.1) is 5.82 Å². The van der Waals surface area contributed by atoms with E-state index in [0.29, 0.717) is 17.5 Å². The van der Waals surface area contributed by atoms with Crippen molar-refractivity contribution in [2.24, 2.45) is 0 Å². The molecule has 3 aromatic rings. The molecule has 0 saturated carbocycles. The number of aromatic nitrogens is 3. The predicted molar refractivity (Wildman–Crippen MR) is 97.3 cm³/mol. The molecule has 5 nitrogen and oxygen atoms in total. The molecule has 1 atom stereocenters. The number of carbonyl (C=O) groups excluding carboxylic acids is 1. The summed E-state index contributed by atoms with van der Waals surface area (Å²) in [6, 6.07) is 10.9. The Morgan fingerprint density at radius 2 is 2.15 bits per heavy atom. The van der Waals surface area contributed by atoms with Gasteiger partial charge in [-0.05, 0) is 11.8 Å². The molecule has 0 bridgehead atoms. The third-order valence-corrected chi connectivity index (χ3v) is 5.19. The third kappa shape index (κ3) is 3.05. The van der Waals surface area contributed by atoms with Crippen LogP contribution in [0.1, 0.15) is 17.8 Å². The van der Waals surface area contributed by atoms with Crippen LogP contribution in [0.25, 0.3) is 10.8 Å². The maximum atomic E-state index is 15.0. The molecule has 0 fully saturated rings. The second-order valence-corrected chi connectivity index (χ2v) is 6.77. The van der Waals surface area contributed by atoms with Gasteiger partial charge in [-0.1, -0.05) is 36.4 Å². The van der Waals surface area contributed by atoms with Crippen molar-refractivity contribution in [2.75, 3.05) is 5.88 Å². The van der Waals surface area contributed by atoms with Gasteiger partial charge in [-0.2, -0.15) is 0 Å². The van der Waals surface area contributed by atoms with E-state index < -0.39 is 0 Å². The lowest BCUT2D eigenvalue weighted by Crippen LogP contribution is -2.45. The lowest BCUT2D eigenvalue weighted by atomic mass is 10.0. The number of rotatable bonds is 4. The summed E-state index contributed by atoms with van der Waals surface area (Å²) >= 11 is 5.83. The summed E-state index contributed by atoms with van der Waals surface area (Å²) in [4.78, 5) is 14.2. The number of alkyl halides is 1. The van der Waals surface area contributed by atoms with E-state index in [0.717, 1.165) is 24.1 Å². The van der Waals surface area contributed by atoms with E-state index in [2.05, 4.69) is 10.2 Å². The Balaban J connectivity index is 1.64. The molecule has 4 rings (SSSR count). The quantitative estimate of drug-likeness (QED) is 0.661. The molecule has 0 aliphatic carbocycles. The number of halogens is 2. The Morgan fingerprint density at radius 1 is 1.31 bits per heavy atom. The van der Waals surface area contributed by atoms with Gasteiger partial charge in [0.05, 0.1) is 6.04 Å². The average molecular weight is 373 g/mol. The number of amides is 1. The zero-order chi connectivity index (χ0) is 18.1. The van der Waals surface area contributed by atoms with Crippen molar-refractivity contribution in [1.82, 2.24) is 19.7 Å². The normalized spacial score (nSPS) is 16.5. The van der Waals surface area contributed by atoms with Crippen LogP contribution in [0.15, 0.2) is 42.7 Å². The van der Waals surface area contributed by atoms with Crippen LogP contribution in [0.4, 0.5) is 4.39 Å². The highest BCUT2D eigenvalue weighted by atomic mass is 35.5. The second kappa shape index (κ2) is 7.03. The number of fused-ring (bicyclic) bond motifs is 2. The lowest BCUT2D eigenvalue weighted by molar-refractivity contribution is -0.132. The van der Waals surface area contributed by atoms with Crippen LogP contribution < -0.4 is 0 Å². The van der Waals surface area contributed by atoms with Crippen molar-refractivity contribution in [3.8, 4) is 0 Å². The average Bonchev–Trinajstić information content (AvgIpc) is 3.15. The van der Waals surface area contributed by atoms with Crippen LogP contribution in [-0.2, 0) is 24.3 Å². The minimum Gasteiger partial charge on any atom is -0.332 e. The smallest absolute Gasteiger partial charge is 0.238 e. The molecule has 0 saturated heterocycles. The number of nitrogens with zero attached hydrogens (tertiary/aromatic N) is 4. The highest BCUT2D eigenvalue weighted by Gasteiger charge is 2.29. The first-order valence-corrected chi connectivity index (χ1v) is 9.09. The van der Waals surface area contributed by atoms with Gasteiger partial charge in [0.1, 0.15) is 23.8 Å². The summed E-state index contributed by atoms with van der Waals surface area (Å²) in [6.45, 7) is 0.796. The van der Waals surface area contributed by atoms with E-state index in [1.807, 2.05) is 28.8 Å². The highest BCUT2D eigenvalue weighted by Crippen LogP contribution is 2.25. The fraction of sp³-hybridized carbons (Fsp3) is 0.316. The van der Waals surface area contributed by atoms with Gasteiger partial charge in [0.25, 0.3) is 0 Å². The Bertz CT molecular complexity index is 958. The molecule has 0 N–H and O–H groups in total. The van der Waals surface area contributed by atoms with E-state index in [1.165, 1.54) is 0 Å². The summed E-state index contributed by atoms with van der Waals surface area (Å²) in [6.07, 6.45) is 3.16. The molecule has 1 aliphatic rings. The van der Waals surface area contributed by atoms with Gasteiger partial charge < -0.3 is 9.47 Å². The number of hydrogen-bond acceptors (Lipinski definition) is 3. The summed E-state index contributed by atoms with van der Waals surface area (Å²) in [5, 5.41) is 9.40. The molecule has 7 heteroatoms. The molecule has 2 heterocycles. The first kappa shape index (κ1) is 17.0. The van der Waals surface area contributed by atoms with Crippen molar-refractivity contribution < 1.29 is 9.18 Å². The fourth-order valence-corrected chi connectivity index (χ4v) is 3.73. The van der Waals surface area contributed by atoms with Crippen LogP contribution in [0.2, 0.25) is 0 Å². The van der Waals surface area contributed by atoms with Crippen molar-refractivity contribution in [3.63, 3.8) is 0 Å². The zero-order valence-electron chi connectivity index (χ0n) is 14.1. The number of benzene rings is 2. The van der Waals surface area contributed by atoms with E-state index in [9.17, 15) is 9.18 Å². The summed E-state index contributed by atoms with van der Waals surface area (Å²) in [5.41, 5.74) is 0.497. The number of aryl methyl sites for hydroxylation is 1. The highest BCUT2D eigenvalue weighted by molar-refractivity contribution is 6.27. The zero-order valence-corrected chi connectivity index (χ0v) is 14.9. The Morgan fingerprint density at radius 3 is 3.00 bits per heavy atom. The minimum absolute atomic E-state index is 0.0596. The van der Waals surface area contributed by atoms with Crippen LogP contribution in [0.3, 0.4) is 0 Å². The van der Waals surface area contributed by atoms with Crippen LogP contribution in [0.5, 0.6) is 0 Å². The van der Waals surface area contributed by atoms with E-state index >= 15 is 0 Å². The predicted octanol–water partition coefficient (Wildman–Crippen LogP) is 3.15. The van der Waals surface area contributed by atoms with Gasteiger partial charge in [0.15, 0.2) is 0 Å². The van der Waals surface area contributed by atoms with Crippen LogP contribution in [-0.4, -0.2) is 37.5 Å². The SMILES string of the molecule is O=C(CCl)N(Cc1ccc2ccccc2c1F)C1CCc2nncn2C1. The van der Waals surface area contributed by atoms with Crippen molar-refractivity contribution in [1.29, 1.82) is 0 Å². The Labute approximate surface area is 155 Å². The topological polar surface area (TPSA) is 51.0 Å². The molecule has 134 valence electrons. The summed E-state index contributed by atoms with van der Waals surface area (Å²) < 4.78 is 16.9. The monoisotopic (exact) mass is 372 g/mol. The third-order valence-electron chi connectivity index (χ3n) is 4.96. The standard InChI is InChI=1S/C19H18ClFN4O/c20-9-18(26)25(15-7-8-17-23-22-12-24(17)11-15)10-14-6-5-13-3-1-2-4-16(13)19(14)21/h1-6,12,15H,7-11H2. The van der Waals surface area contributed by atoms with Crippen molar-refractivity contribution in [3.05, 3.63) is 59.9 Å². The number of hydrogen-bond donors (Lipinski definition) is 0. The Kier molecular flexibility index (Phi) is 4.59. The Hall–Kier alpha value is -2.47. The first-order chi connectivity index (χ1) is 12.7. The molecule has 1 aliphatic heterocycles. The summed E-state index contributed by atoms with van der Waals surface area (Å²) in [5.74, 6) is 0.314. The molecule has 0 spiro atoms. The molecular formula is C19H18ClFN4O. The van der Waals surface area contributed by atoms with Crippen LogP contribution >= 0.6 is 11.6 Å². The molecule has 2 aromatic carbocycles. The summed E-state index contributed by atoms with van der Waals surface area (Å²) in [7, 11) is 0. The maximum absolute atomic E-state index is 15.0. The molecule has 1 aromatic heterocycles. The van der Waals surface area contributed by atoms with Gasteiger partial charge in [0, 0.05) is 30.5 Å². The molecule has 0 radical (unpaired) electrons. The van der Waals surface area contributed by atoms with Gasteiger partial charge in [0.2, 0.25) is 5.91 Å². The molecule has 1 amide bonds. The largest absolute Gasteiger partial charge is 0.332 e.